The summed E-state index contributed by atoms with van der Waals surface area (Å²) >= 11 is 2.99. The molecule has 1 N–H and O–H groups in total. The molecule has 2 aromatic carbocycles. The first-order valence-corrected chi connectivity index (χ1v) is 8.10. The van der Waals surface area contributed by atoms with Gasteiger partial charge in [-0.1, -0.05) is 6.07 Å². The van der Waals surface area contributed by atoms with Crippen LogP contribution in [0.3, 0.4) is 0 Å². The summed E-state index contributed by atoms with van der Waals surface area (Å²) in [7, 11) is -3.85. The summed E-state index contributed by atoms with van der Waals surface area (Å²) in [5.74, 6) is -0.486. The predicted octanol–water partition coefficient (Wildman–Crippen LogP) is 3.57. The number of benzene rings is 2. The highest BCUT2D eigenvalue weighted by Crippen LogP contribution is 2.24. The maximum Gasteiger partial charge on any atom is 0.262 e. The summed E-state index contributed by atoms with van der Waals surface area (Å²) in [4.78, 5) is 0.0157. The van der Waals surface area contributed by atoms with Crippen LogP contribution in [0, 0.1) is 24.1 Å². The first-order chi connectivity index (χ1) is 9.83. The molecule has 4 nitrogen and oxygen atoms in total. The van der Waals surface area contributed by atoms with Crippen molar-refractivity contribution >= 4 is 31.6 Å². The van der Waals surface area contributed by atoms with Crippen molar-refractivity contribution < 1.29 is 12.8 Å². The van der Waals surface area contributed by atoms with E-state index in [1.165, 1.54) is 18.2 Å². The molecule has 0 aliphatic carbocycles. The average molecular weight is 369 g/mol. The molecule has 0 heterocycles. The normalized spacial score (nSPS) is 11.0. The Morgan fingerprint density at radius 2 is 1.95 bits per heavy atom. The Kier molecular flexibility index (Phi) is 4.30. The maximum atomic E-state index is 13.2. The lowest BCUT2D eigenvalue weighted by molar-refractivity contribution is 0.600. The number of halogens is 2. The summed E-state index contributed by atoms with van der Waals surface area (Å²) < 4.78 is 40.4. The first kappa shape index (κ1) is 15.5. The molecule has 0 saturated carbocycles. The molecule has 0 saturated heterocycles. The second kappa shape index (κ2) is 5.84. The van der Waals surface area contributed by atoms with Gasteiger partial charge < -0.3 is 0 Å². The Balaban J connectivity index is 2.43. The third kappa shape index (κ3) is 3.40. The van der Waals surface area contributed by atoms with Crippen molar-refractivity contribution in [3.63, 3.8) is 0 Å². The van der Waals surface area contributed by atoms with Crippen molar-refractivity contribution in [2.45, 2.75) is 11.8 Å². The fourth-order valence-electron chi connectivity index (χ4n) is 1.73. The number of nitrogens with one attached hydrogen (secondary N) is 1. The van der Waals surface area contributed by atoms with E-state index in [4.69, 9.17) is 5.26 Å². The molecule has 0 radical (unpaired) electrons. The highest BCUT2D eigenvalue weighted by molar-refractivity contribution is 9.10. The Hall–Kier alpha value is -1.91. The van der Waals surface area contributed by atoms with Gasteiger partial charge in [-0.3, -0.25) is 4.72 Å². The van der Waals surface area contributed by atoms with E-state index >= 15 is 0 Å². The van der Waals surface area contributed by atoms with Gasteiger partial charge in [0, 0.05) is 0 Å². The van der Waals surface area contributed by atoms with Gasteiger partial charge in [0.2, 0.25) is 0 Å². The molecule has 2 aromatic rings. The van der Waals surface area contributed by atoms with Crippen molar-refractivity contribution in [1.29, 1.82) is 5.26 Å². The molecule has 0 aliphatic heterocycles. The monoisotopic (exact) mass is 368 g/mol. The minimum atomic E-state index is -3.85. The van der Waals surface area contributed by atoms with Crippen molar-refractivity contribution in [2.75, 3.05) is 4.72 Å². The van der Waals surface area contributed by atoms with Crippen LogP contribution in [-0.2, 0) is 10.0 Å². The smallest absolute Gasteiger partial charge is 0.262 e. The fraction of sp³-hybridized carbons (Fsp3) is 0.0714. The van der Waals surface area contributed by atoms with Gasteiger partial charge in [0.1, 0.15) is 5.82 Å². The van der Waals surface area contributed by atoms with Crippen molar-refractivity contribution in [2.24, 2.45) is 0 Å². The standard InChI is InChI=1S/C14H10BrFN2O2S/c1-9-2-3-10(8-17)6-14(9)21(19,20)18-11-4-5-13(16)12(15)7-11/h2-7,18H,1H3. The summed E-state index contributed by atoms with van der Waals surface area (Å²) in [6, 6.07) is 10.1. The summed E-state index contributed by atoms with van der Waals surface area (Å²) in [5.41, 5.74) is 0.994. The largest absolute Gasteiger partial charge is 0.280 e. The van der Waals surface area contributed by atoms with Crippen LogP contribution in [0.1, 0.15) is 11.1 Å². The Labute approximate surface area is 130 Å². The highest BCUT2D eigenvalue weighted by atomic mass is 79.9. The van der Waals surface area contributed by atoms with Crippen molar-refractivity contribution in [1.82, 2.24) is 0 Å². The van der Waals surface area contributed by atoms with Gasteiger partial charge in [-0.05, 0) is 58.7 Å². The van der Waals surface area contributed by atoms with Crippen LogP contribution in [0.15, 0.2) is 45.8 Å². The number of rotatable bonds is 3. The van der Waals surface area contributed by atoms with Crippen molar-refractivity contribution in [3.05, 3.63) is 57.8 Å². The number of hydrogen-bond acceptors (Lipinski definition) is 3. The Bertz CT molecular complexity index is 845. The maximum absolute atomic E-state index is 13.2. The Morgan fingerprint density at radius 3 is 2.57 bits per heavy atom. The van der Waals surface area contributed by atoms with E-state index < -0.39 is 15.8 Å². The van der Waals surface area contributed by atoms with Crippen LogP contribution in [0.5, 0.6) is 0 Å². The van der Waals surface area contributed by atoms with Crippen LogP contribution < -0.4 is 4.72 Å². The molecule has 0 aliphatic rings. The van der Waals surface area contributed by atoms with Crippen LogP contribution in [0.2, 0.25) is 0 Å². The number of hydrogen-bond donors (Lipinski definition) is 1. The van der Waals surface area contributed by atoms with Gasteiger partial charge in [0.15, 0.2) is 0 Å². The molecule has 0 aromatic heterocycles. The van der Waals surface area contributed by atoms with E-state index in [1.807, 2.05) is 6.07 Å². The van der Waals surface area contributed by atoms with Crippen LogP contribution in [-0.4, -0.2) is 8.42 Å². The van der Waals surface area contributed by atoms with Gasteiger partial charge in [0.25, 0.3) is 10.0 Å². The number of nitrogens with zero attached hydrogens (tertiary/aromatic N) is 1. The Morgan fingerprint density at radius 1 is 1.24 bits per heavy atom. The summed E-state index contributed by atoms with van der Waals surface area (Å²) in [6.07, 6.45) is 0. The number of sulfonamides is 1. The molecule has 0 unspecified atom stereocenters. The van der Waals surface area contributed by atoms with Crippen LogP contribution in [0.4, 0.5) is 10.1 Å². The topological polar surface area (TPSA) is 70.0 Å². The lowest BCUT2D eigenvalue weighted by Gasteiger charge is -2.11. The molecule has 0 fully saturated rings. The van der Waals surface area contributed by atoms with E-state index in [0.29, 0.717) is 5.56 Å². The first-order valence-electron chi connectivity index (χ1n) is 5.82. The lowest BCUT2D eigenvalue weighted by atomic mass is 10.2. The average Bonchev–Trinajstić information content (AvgIpc) is 2.43. The zero-order valence-corrected chi connectivity index (χ0v) is 13.3. The van der Waals surface area contributed by atoms with Crippen LogP contribution in [0.25, 0.3) is 0 Å². The van der Waals surface area contributed by atoms with E-state index in [2.05, 4.69) is 20.7 Å². The highest BCUT2D eigenvalue weighted by Gasteiger charge is 2.18. The minimum Gasteiger partial charge on any atom is -0.280 e. The molecule has 21 heavy (non-hydrogen) atoms. The van der Waals surface area contributed by atoms with Gasteiger partial charge >= 0.3 is 0 Å². The molecular weight excluding hydrogens is 359 g/mol. The molecular formula is C14H10BrFN2O2S. The van der Waals surface area contributed by atoms with Crippen LogP contribution >= 0.6 is 15.9 Å². The lowest BCUT2D eigenvalue weighted by Crippen LogP contribution is -2.14. The zero-order chi connectivity index (χ0) is 15.6. The fourth-order valence-corrected chi connectivity index (χ4v) is 3.43. The van der Waals surface area contributed by atoms with E-state index in [1.54, 1.807) is 19.1 Å². The molecule has 108 valence electrons. The SMILES string of the molecule is Cc1ccc(C#N)cc1S(=O)(=O)Nc1ccc(F)c(Br)c1. The van der Waals surface area contributed by atoms with E-state index in [-0.39, 0.29) is 20.6 Å². The third-order valence-corrected chi connectivity index (χ3v) is 4.91. The van der Waals surface area contributed by atoms with Gasteiger partial charge in [-0.15, -0.1) is 0 Å². The quantitative estimate of drug-likeness (QED) is 0.899. The van der Waals surface area contributed by atoms with Gasteiger partial charge in [-0.2, -0.15) is 5.26 Å². The minimum absolute atomic E-state index is 0.0157. The summed E-state index contributed by atoms with van der Waals surface area (Å²) in [5, 5.41) is 8.86. The molecule has 2 rings (SSSR count). The molecule has 0 bridgehead atoms. The second-order valence-corrected chi connectivity index (χ2v) is 6.83. The molecule has 0 spiro atoms. The molecule has 0 amide bonds. The van der Waals surface area contributed by atoms with Gasteiger partial charge in [-0.25, -0.2) is 12.8 Å². The summed E-state index contributed by atoms with van der Waals surface area (Å²) in [6.45, 7) is 1.64. The zero-order valence-electron chi connectivity index (χ0n) is 10.9. The third-order valence-electron chi connectivity index (χ3n) is 2.78. The van der Waals surface area contributed by atoms with E-state index in [0.717, 1.165) is 6.07 Å². The molecule has 0 atom stereocenters. The predicted molar refractivity (Wildman–Crippen MR) is 80.8 cm³/mol. The van der Waals surface area contributed by atoms with Crippen molar-refractivity contribution in [3.8, 4) is 6.07 Å². The molecule has 7 heteroatoms. The number of aryl methyl sites for hydroxylation is 1. The number of nitriles is 1. The van der Waals surface area contributed by atoms with Gasteiger partial charge in [0.05, 0.1) is 26.7 Å². The number of anilines is 1. The second-order valence-electron chi connectivity index (χ2n) is 4.33. The van der Waals surface area contributed by atoms with E-state index in [9.17, 15) is 12.8 Å².